The summed E-state index contributed by atoms with van der Waals surface area (Å²) in [5, 5.41) is 0. The molecule has 0 radical (unpaired) electrons. The van der Waals surface area contributed by atoms with E-state index in [1.54, 1.807) is 0 Å². The minimum absolute atomic E-state index is 0.0888. The van der Waals surface area contributed by atoms with Gasteiger partial charge in [-0.25, -0.2) is 0 Å². The molecule has 0 aliphatic heterocycles. The number of allylic oxidation sites excluding steroid dienone is 16. The summed E-state index contributed by atoms with van der Waals surface area (Å²) in [6, 6.07) is 0. The van der Waals surface area contributed by atoms with Gasteiger partial charge in [0.25, 0.3) is 0 Å². The number of unbranched alkanes of at least 4 members (excludes halogenated alkanes) is 34. The Bertz CT molecular complexity index is 1540. The van der Waals surface area contributed by atoms with Crippen molar-refractivity contribution in [3.8, 4) is 0 Å². The highest BCUT2D eigenvalue weighted by atomic mass is 16.6. The molecule has 0 bridgehead atoms. The van der Waals surface area contributed by atoms with Crippen molar-refractivity contribution in [3.63, 3.8) is 0 Å². The molecule has 6 heteroatoms. The van der Waals surface area contributed by atoms with Crippen LogP contribution in [-0.2, 0) is 28.6 Å². The fraction of sp³-hybridized carbons (Fsp3) is 0.740. The second-order valence-electron chi connectivity index (χ2n) is 22.3. The lowest BCUT2D eigenvalue weighted by atomic mass is 10.0. The first-order valence-electron chi connectivity index (χ1n) is 33.7. The van der Waals surface area contributed by atoms with Gasteiger partial charge in [0.2, 0.25) is 0 Å². The lowest BCUT2D eigenvalue weighted by Crippen LogP contribution is -2.30. The fourth-order valence-corrected chi connectivity index (χ4v) is 9.50. The molecule has 0 N–H and O–H groups in total. The normalized spacial score (nSPS) is 12.7. The van der Waals surface area contributed by atoms with Crippen LogP contribution in [0.2, 0.25) is 0 Å². The van der Waals surface area contributed by atoms with E-state index in [1.165, 1.54) is 186 Å². The molecule has 6 nitrogen and oxygen atoms in total. The van der Waals surface area contributed by atoms with Crippen LogP contribution in [0.5, 0.6) is 0 Å². The smallest absolute Gasteiger partial charge is 0.306 e. The van der Waals surface area contributed by atoms with Gasteiger partial charge >= 0.3 is 17.9 Å². The molecule has 0 aromatic carbocycles. The molecule has 0 aromatic rings. The molecule has 454 valence electrons. The summed E-state index contributed by atoms with van der Waals surface area (Å²) in [5.41, 5.74) is 0. The molecule has 0 aliphatic rings. The molecule has 0 heterocycles. The van der Waals surface area contributed by atoms with Crippen LogP contribution in [0.15, 0.2) is 97.2 Å². The lowest BCUT2D eigenvalue weighted by Gasteiger charge is -2.18. The molecule has 0 fully saturated rings. The van der Waals surface area contributed by atoms with E-state index >= 15 is 0 Å². The molecular formula is C73H126O6. The van der Waals surface area contributed by atoms with E-state index < -0.39 is 6.10 Å². The predicted molar refractivity (Wildman–Crippen MR) is 344 cm³/mol. The largest absolute Gasteiger partial charge is 0.462 e. The number of carbonyl (C=O) groups is 3. The van der Waals surface area contributed by atoms with Crippen LogP contribution in [0.25, 0.3) is 0 Å². The van der Waals surface area contributed by atoms with Gasteiger partial charge in [-0.05, 0) is 122 Å². The van der Waals surface area contributed by atoms with Crippen molar-refractivity contribution in [2.75, 3.05) is 13.2 Å². The number of carbonyl (C=O) groups excluding carboxylic acids is 3. The second-order valence-corrected chi connectivity index (χ2v) is 22.3. The third-order valence-electron chi connectivity index (χ3n) is 14.5. The van der Waals surface area contributed by atoms with Gasteiger partial charge in [-0.2, -0.15) is 0 Å². The van der Waals surface area contributed by atoms with Crippen molar-refractivity contribution in [2.45, 2.75) is 335 Å². The molecule has 0 spiro atoms. The van der Waals surface area contributed by atoms with Gasteiger partial charge in [0.15, 0.2) is 6.10 Å². The molecule has 0 saturated heterocycles. The van der Waals surface area contributed by atoms with Crippen LogP contribution >= 0.6 is 0 Å². The highest BCUT2D eigenvalue weighted by molar-refractivity contribution is 5.71. The van der Waals surface area contributed by atoms with Gasteiger partial charge in [-0.15, -0.1) is 0 Å². The van der Waals surface area contributed by atoms with E-state index in [9.17, 15) is 14.4 Å². The average molecular weight is 1100 g/mol. The summed E-state index contributed by atoms with van der Waals surface area (Å²) in [7, 11) is 0. The van der Waals surface area contributed by atoms with Crippen molar-refractivity contribution >= 4 is 17.9 Å². The molecule has 79 heavy (non-hydrogen) atoms. The van der Waals surface area contributed by atoms with Gasteiger partial charge < -0.3 is 14.2 Å². The van der Waals surface area contributed by atoms with Crippen molar-refractivity contribution in [1.29, 1.82) is 0 Å². The summed E-state index contributed by atoms with van der Waals surface area (Å²) < 4.78 is 16.9. The highest BCUT2D eigenvalue weighted by Crippen LogP contribution is 2.16. The maximum atomic E-state index is 12.9. The Kier molecular flexibility index (Phi) is 63.7. The van der Waals surface area contributed by atoms with E-state index in [0.717, 1.165) is 103 Å². The van der Waals surface area contributed by atoms with Crippen molar-refractivity contribution in [3.05, 3.63) is 97.2 Å². The van der Waals surface area contributed by atoms with Gasteiger partial charge in [-0.3, -0.25) is 14.4 Å². The van der Waals surface area contributed by atoms with Gasteiger partial charge in [0, 0.05) is 19.3 Å². The van der Waals surface area contributed by atoms with Crippen LogP contribution < -0.4 is 0 Å². The summed E-state index contributed by atoms with van der Waals surface area (Å²) in [4.78, 5) is 38.3. The van der Waals surface area contributed by atoms with Crippen LogP contribution in [0.1, 0.15) is 329 Å². The third kappa shape index (κ3) is 65.0. The molecule has 0 aliphatic carbocycles. The zero-order valence-electron chi connectivity index (χ0n) is 52.1. The number of hydrogen-bond acceptors (Lipinski definition) is 6. The maximum Gasteiger partial charge on any atom is 0.306 e. The molecule has 0 amide bonds. The van der Waals surface area contributed by atoms with Crippen LogP contribution in [0.4, 0.5) is 0 Å². The Morgan fingerprint density at radius 3 is 0.785 bits per heavy atom. The minimum Gasteiger partial charge on any atom is -0.462 e. The molecule has 0 aromatic heterocycles. The Morgan fingerprint density at radius 1 is 0.266 bits per heavy atom. The Morgan fingerprint density at radius 2 is 0.494 bits per heavy atom. The fourth-order valence-electron chi connectivity index (χ4n) is 9.50. The van der Waals surface area contributed by atoms with E-state index in [4.69, 9.17) is 14.2 Å². The van der Waals surface area contributed by atoms with E-state index in [1.807, 2.05) is 0 Å². The minimum atomic E-state index is -0.795. The molecule has 1 unspecified atom stereocenters. The van der Waals surface area contributed by atoms with Gasteiger partial charge in [-0.1, -0.05) is 285 Å². The lowest BCUT2D eigenvalue weighted by molar-refractivity contribution is -0.167. The zero-order valence-corrected chi connectivity index (χ0v) is 52.1. The number of rotatable bonds is 61. The first-order chi connectivity index (χ1) is 39.0. The maximum absolute atomic E-state index is 12.9. The summed E-state index contributed by atoms with van der Waals surface area (Å²) in [6.07, 6.45) is 90.0. The Hall–Kier alpha value is -3.67. The first-order valence-corrected chi connectivity index (χ1v) is 33.7. The van der Waals surface area contributed by atoms with Gasteiger partial charge in [0.1, 0.15) is 13.2 Å². The topological polar surface area (TPSA) is 78.9 Å². The summed E-state index contributed by atoms with van der Waals surface area (Å²) in [6.45, 7) is 6.50. The molecule has 0 saturated carbocycles. The average Bonchev–Trinajstić information content (AvgIpc) is 3.45. The van der Waals surface area contributed by atoms with Crippen molar-refractivity contribution in [1.82, 2.24) is 0 Å². The molecule has 1 atom stereocenters. The Balaban J connectivity index is 4.31. The van der Waals surface area contributed by atoms with Crippen LogP contribution in [-0.4, -0.2) is 37.2 Å². The highest BCUT2D eigenvalue weighted by Gasteiger charge is 2.19. The van der Waals surface area contributed by atoms with Crippen molar-refractivity contribution in [2.24, 2.45) is 0 Å². The second kappa shape index (κ2) is 66.8. The summed E-state index contributed by atoms with van der Waals surface area (Å²) >= 11 is 0. The number of hydrogen-bond donors (Lipinski definition) is 0. The van der Waals surface area contributed by atoms with E-state index in [-0.39, 0.29) is 31.1 Å². The summed E-state index contributed by atoms with van der Waals surface area (Å²) in [5.74, 6) is -0.914. The van der Waals surface area contributed by atoms with Crippen molar-refractivity contribution < 1.29 is 28.6 Å². The van der Waals surface area contributed by atoms with Crippen LogP contribution in [0.3, 0.4) is 0 Å². The number of ether oxygens (including phenoxy) is 3. The number of esters is 3. The monoisotopic (exact) mass is 1100 g/mol. The third-order valence-corrected chi connectivity index (χ3v) is 14.5. The Labute approximate surface area is 489 Å². The molecular weight excluding hydrogens is 973 g/mol. The van der Waals surface area contributed by atoms with E-state index in [2.05, 4.69) is 118 Å². The zero-order chi connectivity index (χ0) is 57.1. The standard InChI is InChI=1S/C73H126O6/c1-4-7-10-13-16-19-22-25-27-29-31-33-34-35-36-37-38-40-41-43-45-48-51-54-57-60-63-66-72(75)78-69-70(68-77-71(74)65-62-59-56-53-50-47-24-21-18-15-12-9-6-3)79-73(76)67-64-61-58-55-52-49-46-44-42-39-32-30-28-26-23-20-17-14-11-8-5-2/h9,12,18,21-23,25-26,29-32,34-35,47,50,70H,4-8,10-11,13-17,19-20,24,27-28,33,36-46,48-49,51-69H2,1-3H3/b12-9-,21-18-,25-22-,26-23-,31-29-,32-30-,35-34-,50-47-. The molecule has 0 rings (SSSR count). The van der Waals surface area contributed by atoms with E-state index in [0.29, 0.717) is 19.3 Å². The SMILES string of the molecule is CC/C=C\C/C=C\C/C=C\CCCCCC(=O)OCC(COC(=O)CCCCCCCCCCCCCC/C=C\C/C=C\C/C=C\CCCCCCC)OC(=O)CCCCCCCCCCC/C=C\C/C=C\CCCCCCC. The van der Waals surface area contributed by atoms with Gasteiger partial charge in [0.05, 0.1) is 0 Å². The quantitative estimate of drug-likeness (QED) is 0.0261. The first kappa shape index (κ1) is 75.3. The van der Waals surface area contributed by atoms with Crippen LogP contribution in [0, 0.1) is 0 Å². The predicted octanol–water partition coefficient (Wildman–Crippen LogP) is 23.2.